The van der Waals surface area contributed by atoms with E-state index in [-0.39, 0.29) is 53.9 Å². The van der Waals surface area contributed by atoms with E-state index in [4.69, 9.17) is 9.47 Å². The SMILES string of the molecule is CCCCC/C=C/CCCCCCCCCCCCCOC(=O)c1ccc(S(=O)(=O)[O-])cc1C(=O)OCCCCCCCCCCCCC/C=C/CCCCC.[Na+]. The van der Waals surface area contributed by atoms with Crippen LogP contribution in [-0.4, -0.2) is 38.1 Å². The van der Waals surface area contributed by atoms with Crippen LogP contribution in [0.25, 0.3) is 0 Å². The van der Waals surface area contributed by atoms with Crippen molar-refractivity contribution in [1.29, 1.82) is 0 Å². The van der Waals surface area contributed by atoms with Crippen LogP contribution in [-0.2, 0) is 19.6 Å². The molecule has 7 nitrogen and oxygen atoms in total. The van der Waals surface area contributed by atoms with E-state index in [2.05, 4.69) is 38.2 Å². The molecule has 0 unspecified atom stereocenters. The number of allylic oxidation sites excluding steroid dienone is 4. The van der Waals surface area contributed by atoms with Gasteiger partial charge in [0.1, 0.15) is 10.1 Å². The monoisotopic (exact) mass is 825 g/mol. The number of esters is 2. The zero-order valence-corrected chi connectivity index (χ0v) is 39.7. The zero-order chi connectivity index (χ0) is 40.8. The number of ether oxygens (including phenoxy) is 2. The van der Waals surface area contributed by atoms with Crippen molar-refractivity contribution in [3.8, 4) is 0 Å². The van der Waals surface area contributed by atoms with Gasteiger partial charge in [0.15, 0.2) is 0 Å². The standard InChI is InChI=1S/C48H82O7S.Na/c1-3-5-7-9-11-13-15-17-19-21-23-25-27-29-31-33-35-37-41-54-47(49)45-40-39-44(56(51,52)53)43-46(45)48(50)55-42-38-36-34-32-30-28-26-24-22-20-18-16-14-12-10-8-6-4-2;/h11-14,39-40,43H,3-10,15-38,41-42H2,1-2H3,(H,51,52,53);/q;+1/p-1/b13-11+,14-12+;. The molecule has 322 valence electrons. The Labute approximate surface area is 372 Å². The first-order valence-corrected chi connectivity index (χ1v) is 24.5. The maximum atomic E-state index is 12.9. The van der Waals surface area contributed by atoms with E-state index in [1.165, 1.54) is 160 Å². The first kappa shape index (κ1) is 55.5. The van der Waals surface area contributed by atoms with Crippen LogP contribution in [0, 0.1) is 0 Å². The summed E-state index contributed by atoms with van der Waals surface area (Å²) >= 11 is 0. The molecule has 1 aromatic carbocycles. The first-order valence-electron chi connectivity index (χ1n) is 23.0. The van der Waals surface area contributed by atoms with E-state index in [0.717, 1.165) is 50.7 Å². The Balaban J connectivity index is 0.0000314. The summed E-state index contributed by atoms with van der Waals surface area (Å²) in [5, 5.41) is 0. The number of carbonyl (C=O) groups is 2. The Morgan fingerprint density at radius 3 is 1.11 bits per heavy atom. The van der Waals surface area contributed by atoms with Crippen molar-refractivity contribution in [3.05, 3.63) is 53.6 Å². The predicted molar refractivity (Wildman–Crippen MR) is 232 cm³/mol. The fraction of sp³-hybridized carbons (Fsp3) is 0.750. The summed E-state index contributed by atoms with van der Waals surface area (Å²) < 4.78 is 45.8. The second-order valence-electron chi connectivity index (χ2n) is 15.7. The number of unbranched alkanes of at least 4 members (excludes halogenated alkanes) is 28. The number of rotatable bonds is 39. The minimum atomic E-state index is -4.82. The molecule has 0 bridgehead atoms. The fourth-order valence-electron chi connectivity index (χ4n) is 6.92. The molecule has 0 atom stereocenters. The van der Waals surface area contributed by atoms with Gasteiger partial charge in [0.2, 0.25) is 0 Å². The average Bonchev–Trinajstić information content (AvgIpc) is 3.18. The van der Waals surface area contributed by atoms with E-state index in [0.29, 0.717) is 12.8 Å². The summed E-state index contributed by atoms with van der Waals surface area (Å²) in [6, 6.07) is 3.14. The minimum Gasteiger partial charge on any atom is -0.744 e. The molecular formula is C48H81NaO7S. The Bertz CT molecular complexity index is 1280. The molecule has 1 aromatic rings. The fourth-order valence-corrected chi connectivity index (χ4v) is 7.41. The van der Waals surface area contributed by atoms with E-state index >= 15 is 0 Å². The third kappa shape index (κ3) is 33.0. The third-order valence-corrected chi connectivity index (χ3v) is 11.3. The molecule has 1 rings (SSSR count). The average molecular weight is 825 g/mol. The molecule has 0 amide bonds. The van der Waals surface area contributed by atoms with Crippen molar-refractivity contribution in [3.63, 3.8) is 0 Å². The van der Waals surface area contributed by atoms with Crippen molar-refractivity contribution in [2.24, 2.45) is 0 Å². The van der Waals surface area contributed by atoms with Gasteiger partial charge in [-0.3, -0.25) is 0 Å². The summed E-state index contributed by atoms with van der Waals surface area (Å²) in [4.78, 5) is 25.3. The molecule has 0 aliphatic heterocycles. The van der Waals surface area contributed by atoms with Crippen LogP contribution in [0.2, 0.25) is 0 Å². The van der Waals surface area contributed by atoms with Gasteiger partial charge in [0.05, 0.1) is 29.2 Å². The smallest absolute Gasteiger partial charge is 0.744 e. The van der Waals surface area contributed by atoms with Gasteiger partial charge in [-0.05, 0) is 82.4 Å². The molecule has 0 saturated heterocycles. The van der Waals surface area contributed by atoms with E-state index in [9.17, 15) is 22.6 Å². The van der Waals surface area contributed by atoms with Gasteiger partial charge >= 0.3 is 41.5 Å². The molecule has 0 N–H and O–H groups in total. The number of carbonyl (C=O) groups excluding carboxylic acids is 2. The summed E-state index contributed by atoms with van der Waals surface area (Å²) in [6.45, 7) is 4.85. The van der Waals surface area contributed by atoms with Crippen LogP contribution in [0.1, 0.15) is 240 Å². The van der Waals surface area contributed by atoms with Crippen LogP contribution in [0.15, 0.2) is 47.4 Å². The van der Waals surface area contributed by atoms with Crippen LogP contribution >= 0.6 is 0 Å². The predicted octanol–water partition coefficient (Wildman–Crippen LogP) is 11.5. The molecule has 0 spiro atoms. The third-order valence-electron chi connectivity index (χ3n) is 10.5. The molecule has 57 heavy (non-hydrogen) atoms. The van der Waals surface area contributed by atoms with Crippen molar-refractivity contribution in [2.45, 2.75) is 224 Å². The molecule has 0 fully saturated rings. The van der Waals surface area contributed by atoms with Crippen LogP contribution in [0.5, 0.6) is 0 Å². The molecule has 0 aliphatic carbocycles. The zero-order valence-electron chi connectivity index (χ0n) is 36.8. The number of hydrogen-bond donors (Lipinski definition) is 0. The largest absolute Gasteiger partial charge is 1.00 e. The minimum absolute atomic E-state index is 0. The molecule has 0 heterocycles. The molecule has 0 aliphatic rings. The maximum absolute atomic E-state index is 12.9. The van der Waals surface area contributed by atoms with E-state index in [1.54, 1.807) is 0 Å². The molecule has 0 saturated carbocycles. The van der Waals surface area contributed by atoms with Crippen LogP contribution in [0.3, 0.4) is 0 Å². The van der Waals surface area contributed by atoms with Gasteiger partial charge in [0, 0.05) is 0 Å². The normalized spacial score (nSPS) is 11.7. The number of benzene rings is 1. The van der Waals surface area contributed by atoms with Crippen LogP contribution in [0.4, 0.5) is 0 Å². The number of hydrogen-bond acceptors (Lipinski definition) is 7. The van der Waals surface area contributed by atoms with Crippen LogP contribution < -0.4 is 29.6 Å². The quantitative estimate of drug-likeness (QED) is 0.0214. The van der Waals surface area contributed by atoms with Gasteiger partial charge < -0.3 is 14.0 Å². The summed E-state index contributed by atoms with van der Waals surface area (Å²) in [6.07, 6.45) is 47.8. The summed E-state index contributed by atoms with van der Waals surface area (Å²) in [5.74, 6) is -1.55. The summed E-state index contributed by atoms with van der Waals surface area (Å²) in [5.41, 5.74) is -0.337. The Morgan fingerprint density at radius 2 is 0.772 bits per heavy atom. The van der Waals surface area contributed by atoms with Gasteiger partial charge in [-0.1, -0.05) is 179 Å². The molecule has 9 heteroatoms. The second-order valence-corrected chi connectivity index (χ2v) is 17.1. The maximum Gasteiger partial charge on any atom is 1.00 e. The van der Waals surface area contributed by atoms with Gasteiger partial charge in [-0.15, -0.1) is 0 Å². The Kier molecular flexibility index (Phi) is 39.0. The van der Waals surface area contributed by atoms with Crippen molar-refractivity contribution < 1.29 is 61.6 Å². The molecular weight excluding hydrogens is 744 g/mol. The second kappa shape index (κ2) is 40.0. The Hall–Kier alpha value is -1.45. The summed E-state index contributed by atoms with van der Waals surface area (Å²) in [7, 11) is -4.82. The van der Waals surface area contributed by atoms with E-state index in [1.807, 2.05) is 0 Å². The first-order chi connectivity index (χ1) is 27.3. The van der Waals surface area contributed by atoms with Crippen molar-refractivity contribution in [1.82, 2.24) is 0 Å². The molecule has 0 radical (unpaired) electrons. The van der Waals surface area contributed by atoms with E-state index < -0.39 is 27.0 Å². The molecule has 0 aromatic heterocycles. The van der Waals surface area contributed by atoms with Crippen molar-refractivity contribution in [2.75, 3.05) is 13.2 Å². The topological polar surface area (TPSA) is 110 Å². The van der Waals surface area contributed by atoms with Gasteiger partial charge in [-0.2, -0.15) is 0 Å². The Morgan fingerprint density at radius 1 is 0.474 bits per heavy atom. The van der Waals surface area contributed by atoms with Gasteiger partial charge in [0.25, 0.3) is 0 Å². The van der Waals surface area contributed by atoms with Gasteiger partial charge in [-0.25, -0.2) is 18.0 Å². The van der Waals surface area contributed by atoms with Crippen molar-refractivity contribution >= 4 is 22.1 Å².